The molecule has 1 aliphatic rings. The van der Waals surface area contributed by atoms with Gasteiger partial charge in [-0.25, -0.2) is 0 Å². The number of carbonyl (C=O) groups excluding carboxylic acids is 1. The number of amides is 1. The SMILES string of the molecule is CC(C(=O)NCc1ccccc1)N1CCCCC1.Cl. The van der Waals surface area contributed by atoms with Gasteiger partial charge in [0.1, 0.15) is 0 Å². The average molecular weight is 283 g/mol. The van der Waals surface area contributed by atoms with E-state index in [2.05, 4.69) is 10.2 Å². The van der Waals surface area contributed by atoms with Gasteiger partial charge >= 0.3 is 0 Å². The standard InChI is InChI=1S/C15H22N2O.ClH/c1-13(17-10-6-3-7-11-17)15(18)16-12-14-8-4-2-5-9-14;/h2,4-5,8-9,13H,3,6-7,10-12H2,1H3,(H,16,18);1H. The molecule has 1 fully saturated rings. The lowest BCUT2D eigenvalue weighted by Gasteiger charge is -2.31. The molecule has 1 atom stereocenters. The average Bonchev–Trinajstić information content (AvgIpc) is 2.46. The molecule has 2 rings (SSSR count). The van der Waals surface area contributed by atoms with Crippen LogP contribution >= 0.6 is 12.4 Å². The number of piperidine rings is 1. The third kappa shape index (κ3) is 4.84. The van der Waals surface area contributed by atoms with Crippen molar-refractivity contribution < 1.29 is 4.79 Å². The maximum atomic E-state index is 12.1. The summed E-state index contributed by atoms with van der Waals surface area (Å²) in [4.78, 5) is 14.3. The van der Waals surface area contributed by atoms with Crippen LogP contribution in [0.3, 0.4) is 0 Å². The molecule has 1 aromatic rings. The molecule has 0 bridgehead atoms. The summed E-state index contributed by atoms with van der Waals surface area (Å²) in [7, 11) is 0. The second kappa shape index (κ2) is 8.18. The number of halogens is 1. The highest BCUT2D eigenvalue weighted by Gasteiger charge is 2.22. The molecule has 1 aromatic carbocycles. The highest BCUT2D eigenvalue weighted by atomic mass is 35.5. The van der Waals surface area contributed by atoms with Crippen LogP contribution in [-0.4, -0.2) is 29.9 Å². The lowest BCUT2D eigenvalue weighted by atomic mass is 10.1. The number of rotatable bonds is 4. The highest BCUT2D eigenvalue weighted by molar-refractivity contribution is 5.85. The van der Waals surface area contributed by atoms with Gasteiger partial charge in [-0.1, -0.05) is 36.8 Å². The molecule has 1 heterocycles. The van der Waals surface area contributed by atoms with Crippen molar-refractivity contribution in [2.45, 2.75) is 38.8 Å². The summed E-state index contributed by atoms with van der Waals surface area (Å²) in [5, 5.41) is 3.02. The number of nitrogens with one attached hydrogen (secondary N) is 1. The minimum Gasteiger partial charge on any atom is -0.351 e. The third-order valence-electron chi connectivity index (χ3n) is 3.63. The van der Waals surface area contributed by atoms with E-state index in [1.807, 2.05) is 37.3 Å². The fourth-order valence-corrected chi connectivity index (χ4v) is 2.40. The van der Waals surface area contributed by atoms with E-state index in [-0.39, 0.29) is 24.4 Å². The molecule has 1 amide bonds. The van der Waals surface area contributed by atoms with Gasteiger partial charge in [-0.2, -0.15) is 0 Å². The van der Waals surface area contributed by atoms with Crippen LogP contribution in [0.2, 0.25) is 0 Å². The van der Waals surface area contributed by atoms with E-state index in [1.165, 1.54) is 19.3 Å². The van der Waals surface area contributed by atoms with E-state index < -0.39 is 0 Å². The molecule has 1 aliphatic heterocycles. The highest BCUT2D eigenvalue weighted by Crippen LogP contribution is 2.12. The van der Waals surface area contributed by atoms with Gasteiger partial charge in [0.2, 0.25) is 5.91 Å². The molecule has 106 valence electrons. The van der Waals surface area contributed by atoms with Crippen LogP contribution < -0.4 is 5.32 Å². The van der Waals surface area contributed by atoms with Gasteiger partial charge in [-0.05, 0) is 38.4 Å². The maximum absolute atomic E-state index is 12.1. The smallest absolute Gasteiger partial charge is 0.237 e. The molecule has 3 nitrogen and oxygen atoms in total. The summed E-state index contributed by atoms with van der Waals surface area (Å²) in [5.74, 6) is 0.140. The van der Waals surface area contributed by atoms with Gasteiger partial charge in [-0.3, -0.25) is 9.69 Å². The van der Waals surface area contributed by atoms with E-state index in [0.29, 0.717) is 6.54 Å². The Kier molecular flexibility index (Phi) is 6.89. The third-order valence-corrected chi connectivity index (χ3v) is 3.63. The van der Waals surface area contributed by atoms with Gasteiger partial charge in [0.15, 0.2) is 0 Å². The topological polar surface area (TPSA) is 32.3 Å². The summed E-state index contributed by atoms with van der Waals surface area (Å²) in [5.41, 5.74) is 1.15. The number of hydrogen-bond acceptors (Lipinski definition) is 2. The van der Waals surface area contributed by atoms with Crippen molar-refractivity contribution in [3.8, 4) is 0 Å². The van der Waals surface area contributed by atoms with Crippen LogP contribution in [0.1, 0.15) is 31.7 Å². The minimum atomic E-state index is -0.00554. The van der Waals surface area contributed by atoms with Crippen molar-refractivity contribution in [1.82, 2.24) is 10.2 Å². The summed E-state index contributed by atoms with van der Waals surface area (Å²) in [6, 6.07) is 10.0. The second-order valence-corrected chi connectivity index (χ2v) is 4.98. The van der Waals surface area contributed by atoms with Crippen molar-refractivity contribution in [2.75, 3.05) is 13.1 Å². The quantitative estimate of drug-likeness (QED) is 0.921. The van der Waals surface area contributed by atoms with Gasteiger partial charge in [0, 0.05) is 6.54 Å². The molecule has 0 radical (unpaired) electrons. The van der Waals surface area contributed by atoms with Crippen molar-refractivity contribution in [3.05, 3.63) is 35.9 Å². The second-order valence-electron chi connectivity index (χ2n) is 4.98. The fourth-order valence-electron chi connectivity index (χ4n) is 2.40. The number of likely N-dealkylation sites (tertiary alicyclic amines) is 1. The molecule has 0 aliphatic carbocycles. The molecule has 1 unspecified atom stereocenters. The minimum absolute atomic E-state index is 0. The normalized spacial score (nSPS) is 17.3. The predicted molar refractivity (Wildman–Crippen MR) is 80.4 cm³/mol. The van der Waals surface area contributed by atoms with E-state index in [9.17, 15) is 4.79 Å². The zero-order chi connectivity index (χ0) is 12.8. The molecular weight excluding hydrogens is 260 g/mol. The van der Waals surface area contributed by atoms with Gasteiger partial charge in [-0.15, -0.1) is 12.4 Å². The predicted octanol–water partition coefficient (Wildman–Crippen LogP) is 2.60. The Morgan fingerprint density at radius 1 is 1.21 bits per heavy atom. The molecule has 4 heteroatoms. The first-order chi connectivity index (χ1) is 8.77. The molecule has 1 saturated heterocycles. The zero-order valence-electron chi connectivity index (χ0n) is 11.5. The molecule has 0 spiro atoms. The van der Waals surface area contributed by atoms with Crippen molar-refractivity contribution in [2.24, 2.45) is 0 Å². The van der Waals surface area contributed by atoms with Crippen LogP contribution in [0.25, 0.3) is 0 Å². The zero-order valence-corrected chi connectivity index (χ0v) is 12.3. The van der Waals surface area contributed by atoms with Gasteiger partial charge in [0.25, 0.3) is 0 Å². The summed E-state index contributed by atoms with van der Waals surface area (Å²) in [6.45, 7) is 4.74. The number of hydrogen-bond donors (Lipinski definition) is 1. The number of carbonyl (C=O) groups is 1. The van der Waals surface area contributed by atoms with Gasteiger partial charge < -0.3 is 5.32 Å². The van der Waals surface area contributed by atoms with Gasteiger partial charge in [0.05, 0.1) is 6.04 Å². The van der Waals surface area contributed by atoms with E-state index >= 15 is 0 Å². The Morgan fingerprint density at radius 2 is 1.84 bits per heavy atom. The summed E-state index contributed by atoms with van der Waals surface area (Å²) >= 11 is 0. The maximum Gasteiger partial charge on any atom is 0.237 e. The number of nitrogens with zero attached hydrogens (tertiary/aromatic N) is 1. The Hall–Kier alpha value is -1.06. The van der Waals surface area contributed by atoms with Crippen LogP contribution in [0, 0.1) is 0 Å². The first-order valence-corrected chi connectivity index (χ1v) is 6.83. The van der Waals surface area contributed by atoms with E-state index in [0.717, 1.165) is 18.7 Å². The molecule has 1 N–H and O–H groups in total. The summed E-state index contributed by atoms with van der Waals surface area (Å²) in [6.07, 6.45) is 3.74. The van der Waals surface area contributed by atoms with Crippen LogP contribution in [0.5, 0.6) is 0 Å². The monoisotopic (exact) mass is 282 g/mol. The van der Waals surface area contributed by atoms with Crippen LogP contribution in [0.15, 0.2) is 30.3 Å². The number of benzene rings is 1. The lowest BCUT2D eigenvalue weighted by Crippen LogP contribution is -2.46. The molecule has 0 aromatic heterocycles. The van der Waals surface area contributed by atoms with E-state index in [4.69, 9.17) is 0 Å². The lowest BCUT2D eigenvalue weighted by molar-refractivity contribution is -0.126. The largest absolute Gasteiger partial charge is 0.351 e. The van der Waals surface area contributed by atoms with Crippen molar-refractivity contribution in [3.63, 3.8) is 0 Å². The summed E-state index contributed by atoms with van der Waals surface area (Å²) < 4.78 is 0. The first kappa shape index (κ1) is 16.0. The van der Waals surface area contributed by atoms with Crippen LogP contribution in [-0.2, 0) is 11.3 Å². The molecule has 0 saturated carbocycles. The molecule has 19 heavy (non-hydrogen) atoms. The Morgan fingerprint density at radius 3 is 2.47 bits per heavy atom. The van der Waals surface area contributed by atoms with E-state index in [1.54, 1.807) is 0 Å². The van der Waals surface area contributed by atoms with Crippen LogP contribution in [0.4, 0.5) is 0 Å². The first-order valence-electron chi connectivity index (χ1n) is 6.83. The van der Waals surface area contributed by atoms with Crippen molar-refractivity contribution in [1.29, 1.82) is 0 Å². The Balaban J connectivity index is 0.00000180. The molecular formula is C15H23ClN2O. The van der Waals surface area contributed by atoms with Crippen molar-refractivity contribution >= 4 is 18.3 Å². The Bertz CT molecular complexity index is 377. The fraction of sp³-hybridized carbons (Fsp3) is 0.533. The Labute approximate surface area is 121 Å².